The molecule has 0 bridgehead atoms. The minimum atomic E-state index is -0.536. The van der Waals surface area contributed by atoms with Crippen molar-refractivity contribution in [2.45, 2.75) is 71.8 Å². The first-order valence-corrected chi connectivity index (χ1v) is 12.1. The Hall–Kier alpha value is -3.48. The molecule has 1 aliphatic heterocycles. The predicted octanol–water partition coefficient (Wildman–Crippen LogP) is 5.84. The fourth-order valence-electron chi connectivity index (χ4n) is 4.46. The third kappa shape index (κ3) is 5.96. The zero-order valence-electron chi connectivity index (χ0n) is 21.1. The number of ether oxygens (including phenoxy) is 2. The molecule has 35 heavy (non-hydrogen) atoms. The first-order valence-electron chi connectivity index (χ1n) is 12.1. The van der Waals surface area contributed by atoms with E-state index in [1.807, 2.05) is 76.2 Å². The largest absolute Gasteiger partial charge is 0.489 e. The van der Waals surface area contributed by atoms with Crippen LogP contribution in [0.15, 0.2) is 52.9 Å². The maximum absolute atomic E-state index is 13.3. The predicted molar refractivity (Wildman–Crippen MR) is 135 cm³/mol. The lowest BCUT2D eigenvalue weighted by Gasteiger charge is -2.38. The summed E-state index contributed by atoms with van der Waals surface area (Å²) >= 11 is 0. The second kappa shape index (κ2) is 10.0. The molecule has 0 aliphatic carbocycles. The van der Waals surface area contributed by atoms with Crippen LogP contribution in [0.3, 0.4) is 0 Å². The maximum Gasteiger partial charge on any atom is 0.410 e. The zero-order valence-corrected chi connectivity index (χ0v) is 21.1. The van der Waals surface area contributed by atoms with Crippen molar-refractivity contribution in [3.63, 3.8) is 0 Å². The van der Waals surface area contributed by atoms with Crippen LogP contribution < -0.4 is 10.1 Å². The number of benzene rings is 2. The first-order chi connectivity index (χ1) is 16.6. The summed E-state index contributed by atoms with van der Waals surface area (Å²) in [7, 11) is 0. The van der Waals surface area contributed by atoms with Crippen LogP contribution in [0, 0.1) is 6.92 Å². The number of carbonyl (C=O) groups is 2. The van der Waals surface area contributed by atoms with Crippen LogP contribution in [0.2, 0.25) is 0 Å². The SMILES string of the molecule is Cc1oc2ccc(OCc3ccccc3)cc2c1C(=O)NC1CCN(C(=O)OC(C)(C)C)C(C)C1. The number of hydrogen-bond acceptors (Lipinski definition) is 5. The van der Waals surface area contributed by atoms with Crippen LogP contribution in [0.1, 0.15) is 62.2 Å². The molecule has 1 aliphatic rings. The Morgan fingerprint density at radius 1 is 1.14 bits per heavy atom. The Kier molecular flexibility index (Phi) is 7.05. The normalized spacial score (nSPS) is 18.4. The van der Waals surface area contributed by atoms with Gasteiger partial charge in [0.15, 0.2) is 0 Å². The van der Waals surface area contributed by atoms with Gasteiger partial charge in [0.05, 0.1) is 5.56 Å². The van der Waals surface area contributed by atoms with Gasteiger partial charge in [0.1, 0.15) is 29.3 Å². The van der Waals surface area contributed by atoms with E-state index in [1.54, 1.807) is 11.8 Å². The van der Waals surface area contributed by atoms with Gasteiger partial charge in [-0.3, -0.25) is 4.79 Å². The number of carbonyl (C=O) groups excluding carboxylic acids is 2. The van der Waals surface area contributed by atoms with Crippen LogP contribution in [0.25, 0.3) is 11.0 Å². The molecule has 7 heteroatoms. The average Bonchev–Trinajstić information content (AvgIpc) is 3.12. The van der Waals surface area contributed by atoms with Crippen molar-refractivity contribution in [1.82, 2.24) is 10.2 Å². The standard InChI is InChI=1S/C28H34N2O5/c1-18-15-21(13-14-30(18)27(32)35-28(3,4)5)29-26(31)25-19(2)34-24-12-11-22(16-23(24)25)33-17-20-9-7-6-8-10-20/h6-12,16,18,21H,13-15,17H2,1-5H3,(H,29,31). The van der Waals surface area contributed by atoms with Gasteiger partial charge in [-0.2, -0.15) is 0 Å². The number of furan rings is 1. The van der Waals surface area contributed by atoms with Gasteiger partial charge in [-0.1, -0.05) is 30.3 Å². The molecule has 4 rings (SSSR count). The van der Waals surface area contributed by atoms with Gasteiger partial charge in [-0.05, 0) is 71.2 Å². The van der Waals surface area contributed by atoms with Crippen molar-refractivity contribution in [3.05, 3.63) is 65.4 Å². The highest BCUT2D eigenvalue weighted by Crippen LogP contribution is 2.30. The second-order valence-corrected chi connectivity index (χ2v) is 10.2. The number of nitrogens with one attached hydrogen (secondary N) is 1. The van der Waals surface area contributed by atoms with Crippen LogP contribution in [-0.4, -0.2) is 41.1 Å². The van der Waals surface area contributed by atoms with Crippen LogP contribution in [0.5, 0.6) is 5.75 Å². The number of rotatable bonds is 5. The molecule has 2 amide bonds. The van der Waals surface area contributed by atoms with Crippen molar-refractivity contribution in [3.8, 4) is 5.75 Å². The van der Waals surface area contributed by atoms with Gasteiger partial charge in [0.25, 0.3) is 5.91 Å². The molecule has 2 heterocycles. The van der Waals surface area contributed by atoms with E-state index in [4.69, 9.17) is 13.9 Å². The Morgan fingerprint density at radius 3 is 2.57 bits per heavy atom. The molecular weight excluding hydrogens is 444 g/mol. The number of fused-ring (bicyclic) bond motifs is 1. The molecule has 1 saturated heterocycles. The molecule has 2 aromatic carbocycles. The number of aryl methyl sites for hydroxylation is 1. The van der Waals surface area contributed by atoms with Gasteiger partial charge in [0.2, 0.25) is 0 Å². The van der Waals surface area contributed by atoms with Gasteiger partial charge in [-0.15, -0.1) is 0 Å². The third-order valence-corrected chi connectivity index (χ3v) is 6.15. The zero-order chi connectivity index (χ0) is 25.2. The highest BCUT2D eigenvalue weighted by Gasteiger charge is 2.33. The van der Waals surface area contributed by atoms with E-state index in [0.717, 1.165) is 10.9 Å². The van der Waals surface area contributed by atoms with Gasteiger partial charge < -0.3 is 24.1 Å². The summed E-state index contributed by atoms with van der Waals surface area (Å²) in [4.78, 5) is 27.5. The number of likely N-dealkylation sites (tertiary alicyclic amines) is 1. The van der Waals surface area contributed by atoms with E-state index in [0.29, 0.717) is 48.6 Å². The minimum absolute atomic E-state index is 0.0379. The van der Waals surface area contributed by atoms with E-state index >= 15 is 0 Å². The number of nitrogens with zero attached hydrogens (tertiary/aromatic N) is 1. The summed E-state index contributed by atoms with van der Waals surface area (Å²) in [6.45, 7) is 10.3. The summed E-state index contributed by atoms with van der Waals surface area (Å²) in [6, 6.07) is 15.4. The lowest BCUT2D eigenvalue weighted by molar-refractivity contribution is 0.00960. The Balaban J connectivity index is 1.43. The van der Waals surface area contributed by atoms with Crippen molar-refractivity contribution in [2.24, 2.45) is 0 Å². The molecule has 2 atom stereocenters. The van der Waals surface area contributed by atoms with Gasteiger partial charge in [0, 0.05) is 24.0 Å². The summed E-state index contributed by atoms with van der Waals surface area (Å²) in [5, 5.41) is 3.88. The smallest absolute Gasteiger partial charge is 0.410 e. The molecule has 1 N–H and O–H groups in total. The number of hydrogen-bond donors (Lipinski definition) is 1. The molecule has 7 nitrogen and oxygen atoms in total. The monoisotopic (exact) mass is 478 g/mol. The molecule has 1 aromatic heterocycles. The number of amides is 2. The van der Waals surface area contributed by atoms with E-state index in [9.17, 15) is 9.59 Å². The quantitative estimate of drug-likeness (QED) is 0.498. The lowest BCUT2D eigenvalue weighted by Crippen LogP contribution is -2.52. The van der Waals surface area contributed by atoms with E-state index in [1.165, 1.54) is 0 Å². The van der Waals surface area contributed by atoms with Crippen molar-refractivity contribution >= 4 is 23.0 Å². The molecular formula is C28H34N2O5. The third-order valence-electron chi connectivity index (χ3n) is 6.15. The summed E-state index contributed by atoms with van der Waals surface area (Å²) in [5.74, 6) is 1.07. The van der Waals surface area contributed by atoms with Crippen molar-refractivity contribution in [2.75, 3.05) is 6.54 Å². The average molecular weight is 479 g/mol. The first kappa shape index (κ1) is 24.6. The summed E-state index contributed by atoms with van der Waals surface area (Å²) < 4.78 is 17.3. The summed E-state index contributed by atoms with van der Waals surface area (Å²) in [6.07, 6.45) is 1.01. The van der Waals surface area contributed by atoms with Crippen molar-refractivity contribution < 1.29 is 23.5 Å². The Bertz CT molecular complexity index is 1200. The maximum atomic E-state index is 13.3. The highest BCUT2D eigenvalue weighted by atomic mass is 16.6. The molecule has 186 valence electrons. The molecule has 0 radical (unpaired) electrons. The van der Waals surface area contributed by atoms with Crippen molar-refractivity contribution in [1.29, 1.82) is 0 Å². The molecule has 1 fully saturated rings. The Labute approximate surface area is 206 Å². The van der Waals surface area contributed by atoms with E-state index in [-0.39, 0.29) is 24.1 Å². The highest BCUT2D eigenvalue weighted by molar-refractivity contribution is 6.07. The fourth-order valence-corrected chi connectivity index (χ4v) is 4.46. The second-order valence-electron chi connectivity index (χ2n) is 10.2. The lowest BCUT2D eigenvalue weighted by atomic mass is 9.98. The minimum Gasteiger partial charge on any atom is -0.489 e. The van der Waals surface area contributed by atoms with Gasteiger partial charge in [-0.25, -0.2) is 4.79 Å². The summed E-state index contributed by atoms with van der Waals surface area (Å²) in [5.41, 5.74) is 1.70. The van der Waals surface area contributed by atoms with Crippen LogP contribution in [0.4, 0.5) is 4.79 Å². The van der Waals surface area contributed by atoms with Gasteiger partial charge >= 0.3 is 6.09 Å². The van der Waals surface area contributed by atoms with Crippen LogP contribution in [-0.2, 0) is 11.3 Å². The molecule has 3 aromatic rings. The number of piperidine rings is 1. The molecule has 2 unspecified atom stereocenters. The molecule has 0 saturated carbocycles. The molecule has 0 spiro atoms. The Morgan fingerprint density at radius 2 is 1.89 bits per heavy atom. The van der Waals surface area contributed by atoms with E-state index < -0.39 is 5.60 Å². The topological polar surface area (TPSA) is 81.0 Å². The fraction of sp³-hybridized carbons (Fsp3) is 0.429. The van der Waals surface area contributed by atoms with E-state index in [2.05, 4.69) is 5.32 Å². The van der Waals surface area contributed by atoms with Crippen LogP contribution >= 0.6 is 0 Å².